The molecule has 0 bridgehead atoms. The van der Waals surface area contributed by atoms with E-state index < -0.39 is 0 Å². The van der Waals surface area contributed by atoms with Crippen molar-refractivity contribution in [2.24, 2.45) is 23.2 Å². The Kier molecular flexibility index (Phi) is 7.57. The molecule has 1 nitrogen and oxygen atoms in total. The lowest BCUT2D eigenvalue weighted by Crippen LogP contribution is -2.43. The van der Waals surface area contributed by atoms with Gasteiger partial charge in [-0.3, -0.25) is 4.79 Å². The molecule has 192 valence electrons. The highest BCUT2D eigenvalue weighted by Crippen LogP contribution is 2.65. The molecule has 2 saturated carbocycles. The Morgan fingerprint density at radius 3 is 2.49 bits per heavy atom. The molecule has 5 atom stereocenters. The molecule has 0 saturated heterocycles. The van der Waals surface area contributed by atoms with Gasteiger partial charge in [-0.25, -0.2) is 0 Å². The van der Waals surface area contributed by atoms with Crippen molar-refractivity contribution < 1.29 is 4.79 Å². The molecular weight excluding hydrogens is 448 g/mol. The summed E-state index contributed by atoms with van der Waals surface area (Å²) in [7, 11) is 0. The van der Waals surface area contributed by atoms with Crippen molar-refractivity contribution in [3.8, 4) is 11.8 Å². The predicted octanol–water partition coefficient (Wildman–Crippen LogP) is 8.96. The SMILES string of the molecule is CCCC1=C2C(c3ccc(C#Cc4cccc(C)c4)cc3)CC3(C)C(CC)CCC3C2CC/C1=C/C=O. The molecule has 3 aliphatic rings. The van der Waals surface area contributed by atoms with Crippen LogP contribution in [0.1, 0.15) is 100 Å². The Hall–Kier alpha value is -2.85. The molecule has 0 N–H and O–H groups in total. The van der Waals surface area contributed by atoms with Crippen molar-refractivity contribution in [3.05, 3.63) is 93.6 Å². The van der Waals surface area contributed by atoms with Crippen LogP contribution in [0, 0.1) is 41.9 Å². The fourth-order valence-corrected chi connectivity index (χ4v) is 8.24. The van der Waals surface area contributed by atoms with Crippen molar-refractivity contribution in [2.75, 3.05) is 0 Å². The lowest BCUT2D eigenvalue weighted by molar-refractivity contribution is -0.104. The first kappa shape index (κ1) is 25.8. The van der Waals surface area contributed by atoms with Crippen LogP contribution in [0.2, 0.25) is 0 Å². The normalized spacial score (nSPS) is 29.9. The highest BCUT2D eigenvalue weighted by atomic mass is 16.1. The lowest BCUT2D eigenvalue weighted by Gasteiger charge is -2.52. The molecule has 0 heterocycles. The zero-order valence-electron chi connectivity index (χ0n) is 23.1. The van der Waals surface area contributed by atoms with Crippen LogP contribution in [-0.2, 0) is 4.79 Å². The van der Waals surface area contributed by atoms with Gasteiger partial charge in [0.25, 0.3) is 0 Å². The van der Waals surface area contributed by atoms with Gasteiger partial charge in [-0.2, -0.15) is 0 Å². The number of fused-ring (bicyclic) bond motifs is 3. The number of carbonyl (C=O) groups excluding carboxylic acids is 1. The molecule has 37 heavy (non-hydrogen) atoms. The molecule has 2 aromatic carbocycles. The van der Waals surface area contributed by atoms with Crippen LogP contribution in [0.25, 0.3) is 0 Å². The fourth-order valence-electron chi connectivity index (χ4n) is 8.24. The van der Waals surface area contributed by atoms with E-state index in [1.54, 1.807) is 5.57 Å². The van der Waals surface area contributed by atoms with Gasteiger partial charge in [0.15, 0.2) is 0 Å². The van der Waals surface area contributed by atoms with Gasteiger partial charge in [0.2, 0.25) is 0 Å². The Labute approximate surface area is 224 Å². The number of hydrogen-bond acceptors (Lipinski definition) is 1. The van der Waals surface area contributed by atoms with Crippen LogP contribution in [0.15, 0.2) is 71.3 Å². The van der Waals surface area contributed by atoms with E-state index in [2.05, 4.69) is 88.1 Å². The van der Waals surface area contributed by atoms with Gasteiger partial charge in [-0.15, -0.1) is 0 Å². The topological polar surface area (TPSA) is 17.1 Å². The van der Waals surface area contributed by atoms with E-state index in [1.165, 1.54) is 54.4 Å². The summed E-state index contributed by atoms with van der Waals surface area (Å²) in [4.78, 5) is 11.6. The third-order valence-corrected chi connectivity index (χ3v) is 9.92. The number of carbonyl (C=O) groups is 1. The van der Waals surface area contributed by atoms with Crippen LogP contribution in [-0.4, -0.2) is 6.29 Å². The van der Waals surface area contributed by atoms with Crippen LogP contribution in [0.3, 0.4) is 0 Å². The smallest absolute Gasteiger partial charge is 0.143 e. The van der Waals surface area contributed by atoms with Gasteiger partial charge >= 0.3 is 0 Å². The highest BCUT2D eigenvalue weighted by molar-refractivity contribution is 5.69. The number of hydrogen-bond donors (Lipinski definition) is 0. The molecule has 1 heteroatoms. The summed E-state index contributed by atoms with van der Waals surface area (Å²) in [6, 6.07) is 17.5. The van der Waals surface area contributed by atoms with E-state index in [0.717, 1.165) is 48.5 Å². The summed E-state index contributed by atoms with van der Waals surface area (Å²) in [6.45, 7) is 9.40. The summed E-state index contributed by atoms with van der Waals surface area (Å²) in [5.74, 6) is 9.42. The Morgan fingerprint density at radius 2 is 1.78 bits per heavy atom. The van der Waals surface area contributed by atoms with Crippen LogP contribution < -0.4 is 0 Å². The van der Waals surface area contributed by atoms with Crippen molar-refractivity contribution in [1.29, 1.82) is 0 Å². The second-order valence-electron chi connectivity index (χ2n) is 12.0. The monoisotopic (exact) mass is 490 g/mol. The molecule has 5 unspecified atom stereocenters. The van der Waals surface area contributed by atoms with E-state index in [4.69, 9.17) is 0 Å². The number of allylic oxidation sites excluding steroid dienone is 4. The largest absolute Gasteiger partial charge is 0.299 e. The molecule has 0 spiro atoms. The van der Waals surface area contributed by atoms with Gasteiger partial charge in [-0.1, -0.05) is 75.3 Å². The molecule has 2 fully saturated rings. The number of benzene rings is 2. The minimum atomic E-state index is 0.403. The molecule has 0 amide bonds. The molecule has 2 aromatic rings. The highest BCUT2D eigenvalue weighted by Gasteiger charge is 2.55. The summed E-state index contributed by atoms with van der Waals surface area (Å²) in [6.07, 6.45) is 12.6. The zero-order valence-corrected chi connectivity index (χ0v) is 23.1. The maximum atomic E-state index is 11.6. The van der Waals surface area contributed by atoms with Crippen molar-refractivity contribution in [2.45, 2.75) is 85.0 Å². The quantitative estimate of drug-likeness (QED) is 0.232. The first-order valence-electron chi connectivity index (χ1n) is 14.5. The minimum absolute atomic E-state index is 0.403. The summed E-state index contributed by atoms with van der Waals surface area (Å²) >= 11 is 0. The van der Waals surface area contributed by atoms with Gasteiger partial charge < -0.3 is 0 Å². The Morgan fingerprint density at radius 1 is 1.00 bits per heavy atom. The summed E-state index contributed by atoms with van der Waals surface area (Å²) in [5, 5.41) is 0. The van der Waals surface area contributed by atoms with E-state index in [0.29, 0.717) is 17.3 Å². The average Bonchev–Trinajstić information content (AvgIpc) is 3.25. The predicted molar refractivity (Wildman–Crippen MR) is 154 cm³/mol. The molecule has 3 aliphatic carbocycles. The summed E-state index contributed by atoms with van der Waals surface area (Å²) < 4.78 is 0. The van der Waals surface area contributed by atoms with Crippen LogP contribution >= 0.6 is 0 Å². The molecule has 5 rings (SSSR count). The van der Waals surface area contributed by atoms with Gasteiger partial charge in [0.1, 0.15) is 6.29 Å². The number of rotatable bonds is 5. The van der Waals surface area contributed by atoms with E-state index in [-0.39, 0.29) is 0 Å². The molecular formula is C36H42O. The minimum Gasteiger partial charge on any atom is -0.299 e. The molecule has 0 aliphatic heterocycles. The van der Waals surface area contributed by atoms with Crippen LogP contribution in [0.5, 0.6) is 0 Å². The van der Waals surface area contributed by atoms with E-state index in [1.807, 2.05) is 6.08 Å². The fraction of sp³-hybridized carbons (Fsp3) is 0.472. The second-order valence-corrected chi connectivity index (χ2v) is 12.0. The summed E-state index contributed by atoms with van der Waals surface area (Å²) in [5.41, 5.74) is 9.72. The average molecular weight is 491 g/mol. The maximum Gasteiger partial charge on any atom is 0.143 e. The van der Waals surface area contributed by atoms with Gasteiger partial charge in [0, 0.05) is 17.0 Å². The first-order valence-corrected chi connectivity index (χ1v) is 14.5. The standard InChI is InChI=1S/C36H42O/c1-5-8-31-29(21-22-37)17-19-32-34-20-18-30(6-2)36(34,4)24-33(35(31)32)28-15-13-26(14-16-28)11-12-27-10-7-9-25(3)23-27/h7,9-10,13-16,21-23,30,32-34H,5-6,8,17-20,24H2,1-4H3/b29-21-. The van der Waals surface area contributed by atoms with Crippen molar-refractivity contribution in [3.63, 3.8) is 0 Å². The maximum absolute atomic E-state index is 11.6. The number of aldehydes is 1. The molecule has 0 aromatic heterocycles. The zero-order chi connectivity index (χ0) is 26.0. The number of aryl methyl sites for hydroxylation is 1. The third-order valence-electron chi connectivity index (χ3n) is 9.92. The van der Waals surface area contributed by atoms with E-state index >= 15 is 0 Å². The van der Waals surface area contributed by atoms with Crippen molar-refractivity contribution >= 4 is 6.29 Å². The second kappa shape index (κ2) is 10.9. The molecule has 0 radical (unpaired) electrons. The van der Waals surface area contributed by atoms with Gasteiger partial charge in [0.05, 0.1) is 0 Å². The first-order chi connectivity index (χ1) is 18.0. The van der Waals surface area contributed by atoms with Gasteiger partial charge in [-0.05, 0) is 121 Å². The van der Waals surface area contributed by atoms with E-state index in [9.17, 15) is 4.79 Å². The van der Waals surface area contributed by atoms with Crippen molar-refractivity contribution in [1.82, 2.24) is 0 Å². The lowest BCUT2D eigenvalue weighted by atomic mass is 9.52. The Bertz CT molecular complexity index is 1260. The Balaban J connectivity index is 1.56. The third kappa shape index (κ3) is 4.88. The van der Waals surface area contributed by atoms with Crippen LogP contribution in [0.4, 0.5) is 0 Å².